The number of hydrogen-bond acceptors (Lipinski definition) is 7. The Balaban J connectivity index is 1.38. The molecule has 2 N–H and O–H groups in total. The molecule has 3 saturated carbocycles. The van der Waals surface area contributed by atoms with E-state index < -0.39 is 27.7 Å². The quantitative estimate of drug-likeness (QED) is 0.222. The highest BCUT2D eigenvalue weighted by atomic mass is 32.2. The van der Waals surface area contributed by atoms with Gasteiger partial charge in [-0.2, -0.15) is 0 Å². The molecule has 0 spiro atoms. The molecule has 3 aliphatic rings. The molecule has 9 nitrogen and oxygen atoms in total. The summed E-state index contributed by atoms with van der Waals surface area (Å²) in [6.07, 6.45) is 5.95. The van der Waals surface area contributed by atoms with Crippen LogP contribution < -0.4 is 5.32 Å². The average Bonchev–Trinajstić information content (AvgIpc) is 3.44. The van der Waals surface area contributed by atoms with Crippen molar-refractivity contribution in [3.8, 4) is 23.2 Å². The summed E-state index contributed by atoms with van der Waals surface area (Å²) in [7, 11) is -4.13. The largest absolute Gasteiger partial charge is 0.481 e. The fourth-order valence-corrected chi connectivity index (χ4v) is 8.11. The third-order valence-corrected chi connectivity index (χ3v) is 10.7. The fraction of sp³-hybridized carbons (Fsp3) is 0.257. The maximum Gasteiger partial charge on any atom is 0.308 e. The Morgan fingerprint density at radius 2 is 1.70 bits per heavy atom. The Morgan fingerprint density at radius 1 is 0.978 bits per heavy atom. The molecule has 0 amide bonds. The minimum Gasteiger partial charge on any atom is -0.481 e. The van der Waals surface area contributed by atoms with Gasteiger partial charge in [0.25, 0.3) is 10.0 Å². The van der Waals surface area contributed by atoms with Gasteiger partial charge in [-0.15, -0.1) is 0 Å². The van der Waals surface area contributed by atoms with Crippen LogP contribution in [0, 0.1) is 42.3 Å². The average molecular weight is 636 g/mol. The highest BCUT2D eigenvalue weighted by Crippen LogP contribution is 2.46. The van der Waals surface area contributed by atoms with Crippen LogP contribution >= 0.6 is 0 Å². The Hall–Kier alpha value is -5.08. The van der Waals surface area contributed by atoms with Crippen molar-refractivity contribution >= 4 is 32.8 Å². The maximum absolute atomic E-state index is 14.6. The Labute approximate surface area is 265 Å². The molecule has 0 radical (unpaired) electrons. The van der Waals surface area contributed by atoms with Crippen molar-refractivity contribution in [2.75, 3.05) is 5.32 Å². The number of benzene rings is 2. The summed E-state index contributed by atoms with van der Waals surface area (Å²) in [6, 6.07) is 18.3. The lowest BCUT2D eigenvalue weighted by molar-refractivity contribution is -0.148. The summed E-state index contributed by atoms with van der Waals surface area (Å²) in [5.41, 5.74) is 2.25. The number of aryl methyl sites for hydroxylation is 1. The van der Waals surface area contributed by atoms with Gasteiger partial charge in [0, 0.05) is 34.8 Å². The first-order chi connectivity index (χ1) is 22.2. The number of hydrogen-bond donors (Lipinski definition) is 2. The van der Waals surface area contributed by atoms with Gasteiger partial charge >= 0.3 is 5.97 Å². The van der Waals surface area contributed by atoms with Crippen molar-refractivity contribution in [2.45, 2.75) is 43.5 Å². The molecule has 2 aromatic carbocycles. The number of carboxylic acids is 1. The number of rotatable bonds is 6. The lowest BCUT2D eigenvalue weighted by Gasteiger charge is -2.47. The van der Waals surface area contributed by atoms with E-state index in [1.165, 1.54) is 24.4 Å². The Kier molecular flexibility index (Phi) is 7.53. The Morgan fingerprint density at radius 3 is 2.41 bits per heavy atom. The zero-order valence-electron chi connectivity index (χ0n) is 24.9. The first-order valence-corrected chi connectivity index (χ1v) is 16.6. The second-order valence-electron chi connectivity index (χ2n) is 12.0. The fourth-order valence-electron chi connectivity index (χ4n) is 6.79. The molecule has 3 aliphatic carbocycles. The van der Waals surface area contributed by atoms with Crippen LogP contribution in [-0.2, 0) is 14.8 Å². The van der Waals surface area contributed by atoms with Crippen LogP contribution in [0.25, 0.3) is 22.4 Å². The van der Waals surface area contributed by atoms with E-state index in [0.29, 0.717) is 11.5 Å². The molecule has 2 atom stereocenters. The molecule has 3 heterocycles. The number of aromatic nitrogens is 4. The number of nitrogens with one attached hydrogen (secondary N) is 1. The predicted molar refractivity (Wildman–Crippen MR) is 171 cm³/mol. The van der Waals surface area contributed by atoms with Crippen LogP contribution in [0.15, 0.2) is 84.0 Å². The summed E-state index contributed by atoms with van der Waals surface area (Å²) in [6.45, 7) is 1.86. The van der Waals surface area contributed by atoms with E-state index in [9.17, 15) is 22.7 Å². The van der Waals surface area contributed by atoms with Crippen LogP contribution in [0.2, 0.25) is 0 Å². The summed E-state index contributed by atoms with van der Waals surface area (Å²) in [4.78, 5) is 26.0. The maximum atomic E-state index is 14.6. The minimum absolute atomic E-state index is 0.0198. The number of carboxylic acid groups (broad SMARTS) is 1. The van der Waals surface area contributed by atoms with Crippen LogP contribution in [0.4, 0.5) is 10.2 Å². The van der Waals surface area contributed by atoms with E-state index in [4.69, 9.17) is 4.98 Å². The standard InChI is InChI=1S/C35H30FN5O4S/c1-21-7-15-27(16-8-21)46(44,45)41-20-29(28-17-25(36)19-37-34(28)41)33-38-26(14-9-22-5-3-2-4-6-22)18-30(40-33)39-32-24-12-10-23(11-13-24)31(32)35(42)43/h2-8,15-20,23-24,31-32H,10-13H2,1H3,(H,42,43)(H,38,39,40). The first-order valence-electron chi connectivity index (χ1n) is 15.1. The summed E-state index contributed by atoms with van der Waals surface area (Å²) < 4.78 is 43.3. The second kappa shape index (κ2) is 11.7. The number of halogens is 1. The van der Waals surface area contributed by atoms with E-state index in [-0.39, 0.29) is 45.2 Å². The van der Waals surface area contributed by atoms with Crippen LogP contribution in [-0.4, -0.2) is 44.5 Å². The molecule has 0 aliphatic heterocycles. The van der Waals surface area contributed by atoms with Gasteiger partial charge in [-0.1, -0.05) is 41.8 Å². The molecule has 3 fully saturated rings. The number of anilines is 1. The molecular formula is C35H30FN5O4S. The molecule has 8 rings (SSSR count). The van der Waals surface area contributed by atoms with Gasteiger partial charge in [0.2, 0.25) is 0 Å². The second-order valence-corrected chi connectivity index (χ2v) is 13.8. The number of aliphatic carboxylic acids is 1. The first kappa shape index (κ1) is 29.6. The van der Waals surface area contributed by atoms with Gasteiger partial charge in [-0.25, -0.2) is 31.7 Å². The van der Waals surface area contributed by atoms with Gasteiger partial charge in [-0.3, -0.25) is 4.79 Å². The van der Waals surface area contributed by atoms with Gasteiger partial charge in [0.1, 0.15) is 17.3 Å². The molecule has 3 aromatic heterocycles. The van der Waals surface area contributed by atoms with E-state index in [2.05, 4.69) is 27.1 Å². The summed E-state index contributed by atoms with van der Waals surface area (Å²) in [5, 5.41) is 13.8. The number of pyridine rings is 1. The Bertz CT molecular complexity index is 2130. The minimum atomic E-state index is -4.13. The zero-order chi connectivity index (χ0) is 32.0. The molecule has 11 heteroatoms. The van der Waals surface area contributed by atoms with Crippen molar-refractivity contribution in [3.05, 3.63) is 102 Å². The number of fused-ring (bicyclic) bond motifs is 4. The van der Waals surface area contributed by atoms with E-state index >= 15 is 0 Å². The molecule has 46 heavy (non-hydrogen) atoms. The van der Waals surface area contributed by atoms with Crippen LogP contribution in [0.3, 0.4) is 0 Å². The van der Waals surface area contributed by atoms with Gasteiger partial charge in [0.05, 0.1) is 17.0 Å². The van der Waals surface area contributed by atoms with Gasteiger partial charge in [0.15, 0.2) is 11.5 Å². The zero-order valence-corrected chi connectivity index (χ0v) is 25.7. The highest BCUT2D eigenvalue weighted by Gasteiger charge is 2.47. The smallest absolute Gasteiger partial charge is 0.308 e. The number of carbonyl (C=O) groups is 1. The monoisotopic (exact) mass is 635 g/mol. The molecule has 0 saturated heterocycles. The van der Waals surface area contributed by atoms with Crippen molar-refractivity contribution < 1.29 is 22.7 Å². The molecular weight excluding hydrogens is 605 g/mol. The van der Waals surface area contributed by atoms with Crippen LogP contribution in [0.1, 0.15) is 42.5 Å². The molecule has 2 unspecified atom stereocenters. The number of nitrogens with zero attached hydrogens (tertiary/aromatic N) is 4. The molecule has 2 bridgehead atoms. The topological polar surface area (TPSA) is 127 Å². The van der Waals surface area contributed by atoms with Crippen molar-refractivity contribution in [1.29, 1.82) is 0 Å². The van der Waals surface area contributed by atoms with E-state index in [1.54, 1.807) is 18.2 Å². The molecule has 232 valence electrons. The predicted octanol–water partition coefficient (Wildman–Crippen LogP) is 5.88. The summed E-state index contributed by atoms with van der Waals surface area (Å²) in [5.74, 6) is 4.82. The van der Waals surface area contributed by atoms with E-state index in [1.807, 2.05) is 37.3 Å². The highest BCUT2D eigenvalue weighted by molar-refractivity contribution is 7.90. The van der Waals surface area contributed by atoms with Crippen molar-refractivity contribution in [3.63, 3.8) is 0 Å². The van der Waals surface area contributed by atoms with Crippen molar-refractivity contribution in [2.24, 2.45) is 17.8 Å². The lowest BCUT2D eigenvalue weighted by atomic mass is 9.61. The lowest BCUT2D eigenvalue weighted by Crippen LogP contribution is -2.51. The van der Waals surface area contributed by atoms with Gasteiger partial charge in [-0.05, 0) is 80.7 Å². The summed E-state index contributed by atoms with van der Waals surface area (Å²) >= 11 is 0. The normalized spacial score (nSPS) is 20.7. The van der Waals surface area contributed by atoms with Crippen molar-refractivity contribution in [1.82, 2.24) is 18.9 Å². The SMILES string of the molecule is Cc1ccc(S(=O)(=O)n2cc(-c3nc(C#Cc4ccccc4)cc(NC4C5CCC(CC5)C4C(=O)O)n3)c3cc(F)cnc32)cc1. The van der Waals surface area contributed by atoms with Crippen LogP contribution in [0.5, 0.6) is 0 Å². The van der Waals surface area contributed by atoms with E-state index in [0.717, 1.165) is 47.0 Å². The third-order valence-electron chi connectivity index (χ3n) is 9.05. The third kappa shape index (κ3) is 5.49. The molecule has 5 aromatic rings. The van der Waals surface area contributed by atoms with Gasteiger partial charge < -0.3 is 10.4 Å².